The lowest BCUT2D eigenvalue weighted by Crippen LogP contribution is -2.45. The van der Waals surface area contributed by atoms with E-state index < -0.39 is 11.8 Å². The van der Waals surface area contributed by atoms with Gasteiger partial charge in [0.15, 0.2) is 0 Å². The number of hydrogen-bond acceptors (Lipinski definition) is 2. The maximum atomic E-state index is 13.7. The third-order valence-corrected chi connectivity index (χ3v) is 7.09. The van der Waals surface area contributed by atoms with Crippen LogP contribution in [0.25, 0.3) is 0 Å². The van der Waals surface area contributed by atoms with E-state index in [1.54, 1.807) is 48.5 Å². The fraction of sp³-hybridized carbons (Fsp3) is 0.194. The number of rotatable bonds is 6. The summed E-state index contributed by atoms with van der Waals surface area (Å²) in [4.78, 5) is 15.5. The molecule has 1 unspecified atom stereocenters. The predicted octanol–water partition coefficient (Wildman–Crippen LogP) is 7.06. The first-order valence-corrected chi connectivity index (χ1v) is 12.2. The minimum atomic E-state index is -0.493. The molecule has 6 heteroatoms. The smallest absolute Gasteiger partial charge is 0.139 e. The number of piperidine rings is 1. The molecule has 188 valence electrons. The fourth-order valence-corrected chi connectivity index (χ4v) is 5.31. The highest BCUT2D eigenvalue weighted by molar-refractivity contribution is 5.84. The summed E-state index contributed by atoms with van der Waals surface area (Å²) >= 11 is 0. The van der Waals surface area contributed by atoms with Gasteiger partial charge in [-0.1, -0.05) is 48.5 Å². The Hall–Kier alpha value is -3.77. The van der Waals surface area contributed by atoms with Gasteiger partial charge in [-0.15, -0.1) is 0 Å². The Kier molecular flexibility index (Phi) is 7.19. The van der Waals surface area contributed by atoms with E-state index in [2.05, 4.69) is 4.90 Å². The third kappa shape index (κ3) is 5.49. The number of nitrogens with zero attached hydrogens (tertiary/aromatic N) is 1. The van der Waals surface area contributed by atoms with Crippen molar-refractivity contribution >= 4 is 5.78 Å². The van der Waals surface area contributed by atoms with Crippen LogP contribution in [0.2, 0.25) is 0 Å². The topological polar surface area (TPSA) is 20.3 Å². The molecule has 1 fully saturated rings. The summed E-state index contributed by atoms with van der Waals surface area (Å²) in [6.07, 6.45) is 0.280. The van der Waals surface area contributed by atoms with Gasteiger partial charge in [0.25, 0.3) is 0 Å². The van der Waals surface area contributed by atoms with Crippen LogP contribution in [-0.2, 0) is 4.79 Å². The summed E-state index contributed by atoms with van der Waals surface area (Å²) < 4.78 is 55.0. The largest absolute Gasteiger partial charge is 0.299 e. The Morgan fingerprint density at radius 3 is 1.30 bits per heavy atom. The molecule has 1 saturated heterocycles. The van der Waals surface area contributed by atoms with Crippen molar-refractivity contribution in [1.29, 1.82) is 0 Å². The Morgan fingerprint density at radius 2 is 0.919 bits per heavy atom. The highest BCUT2D eigenvalue weighted by atomic mass is 19.1. The van der Waals surface area contributed by atoms with Gasteiger partial charge >= 0.3 is 0 Å². The molecule has 4 aromatic rings. The molecule has 0 aromatic heterocycles. The molecule has 1 aliphatic rings. The molecule has 2 nitrogen and oxygen atoms in total. The molecule has 0 aliphatic carbocycles. The van der Waals surface area contributed by atoms with E-state index in [4.69, 9.17) is 0 Å². The summed E-state index contributed by atoms with van der Waals surface area (Å²) in [5.74, 6) is -2.34. The standard InChI is InChI=1S/C31H25F4NO/c32-24-9-1-20(2-10-24)30(21-3-11-25(33)12-4-21)28-19-36(18-17-29(28)37)31(22-5-13-26(34)14-6-22)23-7-15-27(35)16-8-23/h1-16,28,30-31H,17-19H2. The van der Waals surface area contributed by atoms with E-state index >= 15 is 0 Å². The zero-order valence-corrected chi connectivity index (χ0v) is 20.0. The molecule has 1 aliphatic heterocycles. The lowest BCUT2D eigenvalue weighted by Gasteiger charge is -2.41. The number of Topliss-reactive ketones (excluding diaryl/α,β-unsaturated/α-hetero) is 1. The van der Waals surface area contributed by atoms with Crippen molar-refractivity contribution in [2.24, 2.45) is 5.92 Å². The van der Waals surface area contributed by atoms with Crippen LogP contribution >= 0.6 is 0 Å². The molecule has 0 saturated carbocycles. The average Bonchev–Trinajstić information content (AvgIpc) is 2.90. The second kappa shape index (κ2) is 10.7. The van der Waals surface area contributed by atoms with Crippen molar-refractivity contribution in [2.45, 2.75) is 18.4 Å². The van der Waals surface area contributed by atoms with Gasteiger partial charge in [-0.3, -0.25) is 9.69 Å². The maximum absolute atomic E-state index is 13.7. The van der Waals surface area contributed by atoms with Crippen LogP contribution in [0.3, 0.4) is 0 Å². The maximum Gasteiger partial charge on any atom is 0.139 e. The lowest BCUT2D eigenvalue weighted by molar-refractivity contribution is -0.127. The Bertz CT molecular complexity index is 1260. The molecule has 0 amide bonds. The second-order valence-corrected chi connectivity index (χ2v) is 9.40. The lowest BCUT2D eigenvalue weighted by atomic mass is 9.75. The predicted molar refractivity (Wildman–Crippen MR) is 134 cm³/mol. The minimum absolute atomic E-state index is 0.0619. The highest BCUT2D eigenvalue weighted by Crippen LogP contribution is 2.39. The van der Waals surface area contributed by atoms with E-state index in [9.17, 15) is 22.4 Å². The van der Waals surface area contributed by atoms with E-state index in [0.29, 0.717) is 13.1 Å². The Balaban J connectivity index is 1.56. The summed E-state index contributed by atoms with van der Waals surface area (Å²) in [6, 6.07) is 24.1. The van der Waals surface area contributed by atoms with E-state index in [1.165, 1.54) is 48.5 Å². The van der Waals surface area contributed by atoms with Gasteiger partial charge in [0.2, 0.25) is 0 Å². The van der Waals surface area contributed by atoms with Crippen LogP contribution in [0, 0.1) is 29.2 Å². The molecule has 0 radical (unpaired) electrons. The first kappa shape index (κ1) is 24.9. The van der Waals surface area contributed by atoms with E-state index in [-0.39, 0.29) is 41.5 Å². The third-order valence-electron chi connectivity index (χ3n) is 7.09. The Morgan fingerprint density at radius 1 is 0.568 bits per heavy atom. The first-order chi connectivity index (χ1) is 17.9. The van der Waals surface area contributed by atoms with Crippen molar-refractivity contribution in [3.8, 4) is 0 Å². The number of hydrogen-bond donors (Lipinski definition) is 0. The quantitative estimate of drug-likeness (QED) is 0.263. The van der Waals surface area contributed by atoms with Crippen LogP contribution in [0.4, 0.5) is 17.6 Å². The monoisotopic (exact) mass is 503 g/mol. The number of carbonyl (C=O) groups excluding carboxylic acids is 1. The summed E-state index contributed by atoms with van der Waals surface area (Å²) in [5, 5.41) is 0. The molecule has 4 aromatic carbocycles. The minimum Gasteiger partial charge on any atom is -0.299 e. The molecule has 0 spiro atoms. The molecule has 0 bridgehead atoms. The zero-order chi connectivity index (χ0) is 25.9. The number of ketones is 1. The van der Waals surface area contributed by atoms with Gasteiger partial charge in [-0.25, -0.2) is 17.6 Å². The van der Waals surface area contributed by atoms with Crippen molar-refractivity contribution in [1.82, 2.24) is 4.90 Å². The van der Waals surface area contributed by atoms with Gasteiger partial charge in [0, 0.05) is 31.3 Å². The number of benzene rings is 4. The van der Waals surface area contributed by atoms with Crippen molar-refractivity contribution in [3.63, 3.8) is 0 Å². The van der Waals surface area contributed by atoms with Gasteiger partial charge < -0.3 is 0 Å². The second-order valence-electron chi connectivity index (χ2n) is 9.40. The van der Waals surface area contributed by atoms with Gasteiger partial charge in [-0.05, 0) is 70.8 Å². The average molecular weight is 504 g/mol. The number of carbonyl (C=O) groups is 1. The summed E-state index contributed by atoms with van der Waals surface area (Å²) in [6.45, 7) is 0.825. The number of likely N-dealkylation sites (tertiary alicyclic amines) is 1. The molecule has 1 atom stereocenters. The zero-order valence-electron chi connectivity index (χ0n) is 20.0. The first-order valence-electron chi connectivity index (χ1n) is 12.2. The molecule has 1 heterocycles. The van der Waals surface area contributed by atoms with Gasteiger partial charge in [0.05, 0.1) is 6.04 Å². The van der Waals surface area contributed by atoms with Crippen LogP contribution < -0.4 is 0 Å². The molecule has 0 N–H and O–H groups in total. The van der Waals surface area contributed by atoms with Gasteiger partial charge in [-0.2, -0.15) is 0 Å². The summed E-state index contributed by atoms with van der Waals surface area (Å²) in [7, 11) is 0. The van der Waals surface area contributed by atoms with Crippen LogP contribution in [0.1, 0.15) is 40.6 Å². The van der Waals surface area contributed by atoms with Crippen LogP contribution in [0.15, 0.2) is 97.1 Å². The molecule has 5 rings (SSSR count). The Labute approximate surface area is 213 Å². The highest BCUT2D eigenvalue weighted by Gasteiger charge is 2.38. The normalized spacial score (nSPS) is 16.5. The SMILES string of the molecule is O=C1CCN(C(c2ccc(F)cc2)c2ccc(F)cc2)CC1C(c1ccc(F)cc1)c1ccc(F)cc1. The molecular formula is C31H25F4NO. The summed E-state index contributed by atoms with van der Waals surface area (Å²) in [5.41, 5.74) is 3.16. The van der Waals surface area contributed by atoms with Crippen molar-refractivity contribution in [2.75, 3.05) is 13.1 Å². The van der Waals surface area contributed by atoms with Crippen molar-refractivity contribution < 1.29 is 22.4 Å². The van der Waals surface area contributed by atoms with Gasteiger partial charge in [0.1, 0.15) is 29.1 Å². The van der Waals surface area contributed by atoms with Crippen LogP contribution in [-0.4, -0.2) is 23.8 Å². The molecule has 37 heavy (non-hydrogen) atoms. The fourth-order valence-electron chi connectivity index (χ4n) is 5.31. The molecular weight excluding hydrogens is 478 g/mol. The van der Waals surface area contributed by atoms with E-state index in [1.807, 2.05) is 0 Å². The number of halogens is 4. The van der Waals surface area contributed by atoms with E-state index in [0.717, 1.165) is 22.3 Å². The van der Waals surface area contributed by atoms with Crippen molar-refractivity contribution in [3.05, 3.63) is 143 Å². The van der Waals surface area contributed by atoms with Crippen LogP contribution in [0.5, 0.6) is 0 Å².